The normalized spacial score (nSPS) is 18.5. The summed E-state index contributed by atoms with van der Waals surface area (Å²) < 4.78 is 31.8. The van der Waals surface area contributed by atoms with E-state index in [1.165, 1.54) is 31.6 Å². The van der Waals surface area contributed by atoms with Gasteiger partial charge in [0, 0.05) is 28.3 Å². The Balaban J connectivity index is 2.27. The first-order chi connectivity index (χ1) is 11.6. The number of benzene rings is 1. The molecule has 26 heavy (non-hydrogen) atoms. The molecule has 1 fully saturated rings. The topological polar surface area (TPSA) is 58.4 Å². The predicted molar refractivity (Wildman–Crippen MR) is 112 cm³/mol. The molecule has 0 radical (unpaired) electrons. The van der Waals surface area contributed by atoms with Crippen molar-refractivity contribution in [2.24, 2.45) is 5.14 Å². The Hall–Kier alpha value is -0.603. The summed E-state index contributed by atoms with van der Waals surface area (Å²) in [4.78, 5) is 2.34. The van der Waals surface area contributed by atoms with Crippen LogP contribution >= 0.6 is 0 Å². The molecule has 0 amide bonds. The van der Waals surface area contributed by atoms with Crippen LogP contribution in [-0.4, -0.2) is 36.7 Å². The van der Waals surface area contributed by atoms with Gasteiger partial charge >= 0.3 is 0 Å². The molecule has 2 rings (SSSR count). The van der Waals surface area contributed by atoms with Gasteiger partial charge in [0.15, 0.2) is 0 Å². The number of nitrogens with one attached hydrogen (secondary N) is 1. The van der Waals surface area contributed by atoms with Crippen LogP contribution in [0.25, 0.3) is 0 Å². The molecule has 1 aromatic rings. The largest absolute Gasteiger partial charge is 0.299 e. The lowest BCUT2D eigenvalue weighted by Crippen LogP contribution is -2.67. The molecule has 4 nitrogen and oxygen atoms in total. The van der Waals surface area contributed by atoms with E-state index in [1.54, 1.807) is 6.07 Å². The molecule has 0 spiro atoms. The van der Waals surface area contributed by atoms with Crippen molar-refractivity contribution in [3.63, 3.8) is 0 Å². The predicted octanol–water partition coefficient (Wildman–Crippen LogP) is 4.00. The summed E-state index contributed by atoms with van der Waals surface area (Å²) in [6.07, 6.45) is 5.15. The number of nitrogens with two attached hydrogens (primary N) is 1. The molecular weight excluding hydrogens is 365 g/mol. The fourth-order valence-electron chi connectivity index (χ4n) is 3.14. The maximum Gasteiger partial charge on any atom is 0.140 e. The van der Waals surface area contributed by atoms with Crippen LogP contribution < -0.4 is 9.53 Å². The Labute approximate surface area is 159 Å². The lowest BCUT2D eigenvalue weighted by atomic mass is 9.91. The van der Waals surface area contributed by atoms with E-state index in [4.69, 9.17) is 5.14 Å². The lowest BCUT2D eigenvalue weighted by molar-refractivity contribution is 0.152. The molecule has 0 bridgehead atoms. The molecule has 0 aliphatic heterocycles. The van der Waals surface area contributed by atoms with Crippen molar-refractivity contribution in [1.29, 1.82) is 0 Å². The van der Waals surface area contributed by atoms with Crippen molar-refractivity contribution in [2.75, 3.05) is 13.3 Å². The summed E-state index contributed by atoms with van der Waals surface area (Å²) in [7, 11) is -4.09. The van der Waals surface area contributed by atoms with Crippen LogP contribution in [0.2, 0.25) is 18.1 Å². The van der Waals surface area contributed by atoms with Gasteiger partial charge in [0.1, 0.15) is 14.1 Å². The minimum absolute atomic E-state index is 0.0633. The highest BCUT2D eigenvalue weighted by molar-refractivity contribution is 8.16. The van der Waals surface area contributed by atoms with Gasteiger partial charge in [-0.25, -0.2) is 4.39 Å². The van der Waals surface area contributed by atoms with Crippen molar-refractivity contribution in [1.82, 2.24) is 9.29 Å². The highest BCUT2D eigenvalue weighted by Gasteiger charge is 2.44. The van der Waals surface area contributed by atoms with E-state index in [9.17, 15) is 8.60 Å². The summed E-state index contributed by atoms with van der Waals surface area (Å²) in [5.74, 6) is -0.488. The number of nitrogens with zero attached hydrogens (tertiary/aromatic N) is 1. The first kappa shape index (κ1) is 21.7. The van der Waals surface area contributed by atoms with Crippen LogP contribution in [0.15, 0.2) is 23.1 Å². The Kier molecular flexibility index (Phi) is 5.65. The quantitative estimate of drug-likeness (QED) is 0.708. The van der Waals surface area contributed by atoms with Gasteiger partial charge < -0.3 is 0 Å². The van der Waals surface area contributed by atoms with E-state index >= 15 is 0 Å². The van der Waals surface area contributed by atoms with Crippen LogP contribution in [0, 0.1) is 5.82 Å². The van der Waals surface area contributed by atoms with Gasteiger partial charge in [-0.15, -0.1) is 0 Å². The van der Waals surface area contributed by atoms with E-state index in [1.807, 2.05) is 6.07 Å². The molecule has 1 aliphatic carbocycles. The van der Waals surface area contributed by atoms with E-state index in [0.29, 0.717) is 12.6 Å². The first-order valence-electron chi connectivity index (χ1n) is 9.34. The molecule has 7 heteroatoms. The third-order valence-electron chi connectivity index (χ3n) is 6.06. The van der Waals surface area contributed by atoms with E-state index in [2.05, 4.69) is 50.2 Å². The maximum absolute atomic E-state index is 14.9. The fraction of sp³-hybridized carbons (Fsp3) is 0.684. The number of rotatable bonds is 6. The molecule has 0 unspecified atom stereocenters. The lowest BCUT2D eigenvalue weighted by Gasteiger charge is -2.47. The third-order valence-corrected chi connectivity index (χ3v) is 15.3. The van der Waals surface area contributed by atoms with Crippen LogP contribution in [0.4, 0.5) is 4.39 Å². The van der Waals surface area contributed by atoms with Gasteiger partial charge in [0.2, 0.25) is 0 Å². The third kappa shape index (κ3) is 4.62. The maximum atomic E-state index is 14.9. The minimum atomic E-state index is -3.98. The van der Waals surface area contributed by atoms with Crippen molar-refractivity contribution in [3.8, 4) is 0 Å². The summed E-state index contributed by atoms with van der Waals surface area (Å²) >= 11 is 0. The van der Waals surface area contributed by atoms with E-state index in [-0.39, 0.29) is 9.93 Å². The molecule has 3 N–H and O–H groups in total. The summed E-state index contributed by atoms with van der Waals surface area (Å²) in [6, 6.07) is 5.54. The molecule has 1 saturated carbocycles. The molecule has 0 atom stereocenters. The molecular formula is C19H36FN3OSSi. The standard InChI is InChI=1S/C19H36FN3OSSi/c1-19(2,3)26(6,7)22-25(5,21,24)18-12-11-15(13-17(18)20)14-23(4)16-9-8-10-16/h11-13,16H,8-10,14H2,1-7H3,(H3,21,22,24). The van der Waals surface area contributed by atoms with Gasteiger partial charge in [0.25, 0.3) is 0 Å². The van der Waals surface area contributed by atoms with Crippen LogP contribution in [0.5, 0.6) is 0 Å². The average Bonchev–Trinajstić information content (AvgIpc) is 2.31. The molecule has 150 valence electrons. The average molecular weight is 402 g/mol. The van der Waals surface area contributed by atoms with E-state index in [0.717, 1.165) is 5.56 Å². The molecule has 1 aliphatic rings. The number of halogens is 1. The van der Waals surface area contributed by atoms with Crippen molar-refractivity contribution < 1.29 is 8.60 Å². The van der Waals surface area contributed by atoms with Gasteiger partial charge in [-0.1, -0.05) is 46.4 Å². The molecule has 1 aromatic carbocycles. The summed E-state index contributed by atoms with van der Waals surface area (Å²) in [6.45, 7) is 11.2. The summed E-state index contributed by atoms with van der Waals surface area (Å²) in [5.41, 5.74) is 0.885. The van der Waals surface area contributed by atoms with Gasteiger partial charge in [0.05, 0.1) is 4.90 Å². The van der Waals surface area contributed by atoms with Crippen LogP contribution in [-0.2, 0) is 16.0 Å². The van der Waals surface area contributed by atoms with Gasteiger partial charge in [-0.2, -0.15) is 0 Å². The van der Waals surface area contributed by atoms with Gasteiger partial charge in [-0.05, 0) is 42.6 Å². The first-order valence-corrected chi connectivity index (χ1v) is 14.8. The zero-order valence-corrected chi connectivity index (χ0v) is 19.2. The fourth-order valence-corrected chi connectivity index (χ4v) is 10.8. The van der Waals surface area contributed by atoms with Gasteiger partial charge in [-0.3, -0.25) is 18.6 Å². The smallest absolute Gasteiger partial charge is 0.140 e. The zero-order chi connectivity index (χ0) is 20.0. The highest BCUT2D eigenvalue weighted by atomic mass is 32.3. The Morgan fingerprint density at radius 2 is 1.92 bits per heavy atom. The second-order valence-corrected chi connectivity index (χ2v) is 18.5. The van der Waals surface area contributed by atoms with Crippen molar-refractivity contribution in [2.45, 2.75) is 75.6 Å². The Bertz CT molecular complexity index is 735. The Morgan fingerprint density at radius 3 is 2.35 bits per heavy atom. The van der Waals surface area contributed by atoms with Crippen molar-refractivity contribution in [3.05, 3.63) is 29.6 Å². The number of hydrogen-bond acceptors (Lipinski definition) is 2. The summed E-state index contributed by atoms with van der Waals surface area (Å²) in [5, 5.41) is 6.26. The number of hydrogen-bond donors (Lipinski definition) is 2. The highest BCUT2D eigenvalue weighted by Crippen LogP contribution is 2.38. The molecule has 0 aromatic heterocycles. The minimum Gasteiger partial charge on any atom is -0.299 e. The van der Waals surface area contributed by atoms with Crippen LogP contribution in [0.1, 0.15) is 45.6 Å². The molecule has 0 heterocycles. The second kappa shape index (κ2) is 6.78. The zero-order valence-electron chi connectivity index (χ0n) is 17.4. The SMILES string of the molecule is CN(Cc1ccc(S(C)(N)(=O)N[Si](C)(C)C(C)(C)C)c(F)c1)C1CCC1. The second-order valence-electron chi connectivity index (χ2n) is 9.65. The monoisotopic (exact) mass is 401 g/mol. The Morgan fingerprint density at radius 1 is 1.35 bits per heavy atom. The van der Waals surface area contributed by atoms with Crippen molar-refractivity contribution >= 4 is 17.7 Å². The van der Waals surface area contributed by atoms with Crippen LogP contribution in [0.3, 0.4) is 0 Å². The van der Waals surface area contributed by atoms with E-state index < -0.39 is 23.5 Å². The molecule has 0 saturated heterocycles.